The lowest BCUT2D eigenvalue weighted by atomic mass is 10.3. The van der Waals surface area contributed by atoms with Gasteiger partial charge in [-0.1, -0.05) is 23.8 Å². The number of aromatic amines is 1. The third-order valence-corrected chi connectivity index (χ3v) is 1.21. The molecule has 0 fully saturated rings. The average Bonchev–Trinajstić information content (AvgIpc) is 2.02. The van der Waals surface area contributed by atoms with Gasteiger partial charge in [0.15, 0.2) is 0 Å². The van der Waals surface area contributed by atoms with Crippen LogP contribution in [0, 0.1) is 6.92 Å². The van der Waals surface area contributed by atoms with Gasteiger partial charge in [0.1, 0.15) is 0 Å². The predicted molar refractivity (Wildman–Crippen MR) is 43.2 cm³/mol. The second kappa shape index (κ2) is 3.72. The molecule has 1 aromatic heterocycles. The molecule has 10 heavy (non-hydrogen) atoms. The molecule has 0 atom stereocenters. The molecule has 0 aliphatic carbocycles. The van der Waals surface area contributed by atoms with Crippen molar-refractivity contribution in [1.29, 1.82) is 0 Å². The van der Waals surface area contributed by atoms with Crippen LogP contribution in [-0.2, 0) is 0 Å². The maximum absolute atomic E-state index is 2.99. The van der Waals surface area contributed by atoms with Gasteiger partial charge in [0.2, 0.25) is 0 Å². The van der Waals surface area contributed by atoms with Crippen molar-refractivity contribution >= 4 is 0 Å². The Hall–Kier alpha value is -1.24. The lowest BCUT2D eigenvalue weighted by Crippen LogP contribution is -1.57. The smallest absolute Gasteiger partial charge is 0.000452 e. The molecule has 52 valence electrons. The molecule has 0 aliphatic heterocycles. The van der Waals surface area contributed by atoms with Crippen molar-refractivity contribution in [2.24, 2.45) is 0 Å². The van der Waals surface area contributed by atoms with Crippen LogP contribution in [0.1, 0.15) is 5.56 Å². The minimum absolute atomic E-state index is 1.25. The third-order valence-electron chi connectivity index (χ3n) is 1.21. The van der Waals surface area contributed by atoms with Gasteiger partial charge >= 0.3 is 0 Å². The van der Waals surface area contributed by atoms with Crippen molar-refractivity contribution in [3.8, 4) is 0 Å². The first kappa shape index (κ1) is 6.87. The largest absolute Gasteiger partial charge is 0.368 e. The SMILES string of the molecule is Cc1cccc[nH]ccc1. The molecule has 0 radical (unpaired) electrons. The summed E-state index contributed by atoms with van der Waals surface area (Å²) < 4.78 is 0. The Bertz CT molecular complexity index is 212. The number of hydrogen-bond donors (Lipinski definition) is 1. The fraction of sp³-hybridized carbons (Fsp3) is 0.111. The van der Waals surface area contributed by atoms with Crippen LogP contribution in [-0.4, -0.2) is 4.98 Å². The van der Waals surface area contributed by atoms with Crippen LogP contribution in [0.25, 0.3) is 0 Å². The van der Waals surface area contributed by atoms with Gasteiger partial charge < -0.3 is 4.98 Å². The summed E-state index contributed by atoms with van der Waals surface area (Å²) in [5, 5.41) is 0. The molecular formula is C9H11N. The third kappa shape index (κ3) is 2.35. The summed E-state index contributed by atoms with van der Waals surface area (Å²) in [7, 11) is 0. The number of nitrogens with one attached hydrogen (secondary N) is 1. The van der Waals surface area contributed by atoms with Crippen LogP contribution in [0.3, 0.4) is 0 Å². The molecule has 1 N–H and O–H groups in total. The van der Waals surface area contributed by atoms with E-state index in [1.54, 1.807) is 0 Å². The highest BCUT2D eigenvalue weighted by atomic mass is 14.6. The molecule has 1 heterocycles. The lowest BCUT2D eigenvalue weighted by molar-refractivity contribution is 1.36. The van der Waals surface area contributed by atoms with Crippen LogP contribution in [0.15, 0.2) is 42.7 Å². The van der Waals surface area contributed by atoms with Gasteiger partial charge in [-0.25, -0.2) is 0 Å². The number of aromatic nitrogens is 1. The van der Waals surface area contributed by atoms with Gasteiger partial charge in [0, 0.05) is 12.4 Å². The molecule has 1 aromatic rings. The van der Waals surface area contributed by atoms with Gasteiger partial charge in [0.25, 0.3) is 0 Å². The minimum Gasteiger partial charge on any atom is -0.368 e. The molecule has 0 aliphatic rings. The van der Waals surface area contributed by atoms with Crippen LogP contribution in [0.4, 0.5) is 0 Å². The Morgan fingerprint density at radius 3 is 2.60 bits per heavy atom. The molecular weight excluding hydrogens is 122 g/mol. The molecule has 0 spiro atoms. The summed E-state index contributed by atoms with van der Waals surface area (Å²) in [5.41, 5.74) is 1.25. The second-order valence-electron chi connectivity index (χ2n) is 2.15. The van der Waals surface area contributed by atoms with E-state index in [0.29, 0.717) is 0 Å². The Labute approximate surface area is 61.0 Å². The highest BCUT2D eigenvalue weighted by molar-refractivity contribution is 5.07. The summed E-state index contributed by atoms with van der Waals surface area (Å²) >= 11 is 0. The summed E-state index contributed by atoms with van der Waals surface area (Å²) in [6.07, 6.45) is 3.78. The van der Waals surface area contributed by atoms with Crippen molar-refractivity contribution in [3.05, 3.63) is 48.3 Å². The molecule has 0 bridgehead atoms. The number of H-pyrrole nitrogens is 1. The Morgan fingerprint density at radius 1 is 1.00 bits per heavy atom. The zero-order valence-corrected chi connectivity index (χ0v) is 6.04. The first-order chi connectivity index (χ1) is 4.89. The van der Waals surface area contributed by atoms with Gasteiger partial charge in [-0.05, 0) is 19.1 Å². The van der Waals surface area contributed by atoms with Crippen molar-refractivity contribution in [2.45, 2.75) is 6.92 Å². The summed E-state index contributed by atoms with van der Waals surface area (Å²) in [6.45, 7) is 2.07. The molecule has 0 unspecified atom stereocenters. The average molecular weight is 133 g/mol. The van der Waals surface area contributed by atoms with Gasteiger partial charge in [-0.3, -0.25) is 0 Å². The molecule has 1 rings (SSSR count). The topological polar surface area (TPSA) is 15.8 Å². The van der Waals surface area contributed by atoms with Crippen molar-refractivity contribution in [3.63, 3.8) is 0 Å². The van der Waals surface area contributed by atoms with Gasteiger partial charge in [0.05, 0.1) is 0 Å². The fourth-order valence-corrected chi connectivity index (χ4v) is 0.685. The molecule has 0 aromatic carbocycles. The Balaban J connectivity index is 3.13. The summed E-state index contributed by atoms with van der Waals surface area (Å²) in [5.74, 6) is 0. The molecule has 1 nitrogen and oxygen atoms in total. The van der Waals surface area contributed by atoms with Crippen molar-refractivity contribution in [1.82, 2.24) is 4.98 Å². The Kier molecular flexibility index (Phi) is 2.56. The van der Waals surface area contributed by atoms with Crippen molar-refractivity contribution in [2.75, 3.05) is 0 Å². The van der Waals surface area contributed by atoms with E-state index in [2.05, 4.69) is 24.0 Å². The zero-order chi connectivity index (χ0) is 7.23. The van der Waals surface area contributed by atoms with E-state index in [9.17, 15) is 0 Å². The zero-order valence-electron chi connectivity index (χ0n) is 6.04. The highest BCUT2D eigenvalue weighted by Crippen LogP contribution is 1.88. The molecule has 1 heteroatoms. The van der Waals surface area contributed by atoms with E-state index in [1.807, 2.05) is 30.6 Å². The quantitative estimate of drug-likeness (QED) is 0.559. The van der Waals surface area contributed by atoms with Crippen LogP contribution in [0.2, 0.25) is 0 Å². The first-order valence-electron chi connectivity index (χ1n) is 3.32. The van der Waals surface area contributed by atoms with E-state index in [-0.39, 0.29) is 0 Å². The number of aryl methyl sites for hydroxylation is 1. The molecule has 0 saturated heterocycles. The number of rotatable bonds is 0. The van der Waals surface area contributed by atoms with Crippen LogP contribution >= 0.6 is 0 Å². The van der Waals surface area contributed by atoms with Gasteiger partial charge in [-0.2, -0.15) is 0 Å². The number of hydrogen-bond acceptors (Lipinski definition) is 0. The monoisotopic (exact) mass is 133 g/mol. The minimum atomic E-state index is 1.25. The van der Waals surface area contributed by atoms with Crippen LogP contribution < -0.4 is 0 Å². The normalized spacial score (nSPS) is 8.50. The summed E-state index contributed by atoms with van der Waals surface area (Å²) in [4.78, 5) is 2.99. The molecule has 0 amide bonds. The maximum Gasteiger partial charge on any atom is 0.000452 e. The lowest BCUT2D eigenvalue weighted by Gasteiger charge is -1.76. The van der Waals surface area contributed by atoms with E-state index >= 15 is 0 Å². The van der Waals surface area contributed by atoms with E-state index < -0.39 is 0 Å². The van der Waals surface area contributed by atoms with Crippen LogP contribution in [0.5, 0.6) is 0 Å². The standard InChI is InChI=1S/C9H11N/c1-9-5-2-3-7-10-8-4-6-9/h2-8,10H,1H3. The fourth-order valence-electron chi connectivity index (χ4n) is 0.685. The van der Waals surface area contributed by atoms with E-state index in [4.69, 9.17) is 0 Å². The Morgan fingerprint density at radius 2 is 1.70 bits per heavy atom. The first-order valence-corrected chi connectivity index (χ1v) is 3.32. The maximum atomic E-state index is 2.99. The van der Waals surface area contributed by atoms with Gasteiger partial charge in [-0.15, -0.1) is 0 Å². The van der Waals surface area contributed by atoms with E-state index in [0.717, 1.165) is 0 Å². The predicted octanol–water partition coefficient (Wildman–Crippen LogP) is 2.45. The van der Waals surface area contributed by atoms with E-state index in [1.165, 1.54) is 5.56 Å². The molecule has 0 saturated carbocycles. The highest BCUT2D eigenvalue weighted by Gasteiger charge is 1.69. The second-order valence-corrected chi connectivity index (χ2v) is 2.15. The van der Waals surface area contributed by atoms with Crippen molar-refractivity contribution < 1.29 is 0 Å². The summed E-state index contributed by atoms with van der Waals surface area (Å²) in [6, 6.07) is 10.1.